The van der Waals surface area contributed by atoms with E-state index in [-0.39, 0.29) is 10.9 Å². The van der Waals surface area contributed by atoms with Crippen LogP contribution in [0, 0.1) is 6.92 Å². The fraction of sp³-hybridized carbons (Fsp3) is 0.250. The van der Waals surface area contributed by atoms with Gasteiger partial charge >= 0.3 is 0 Å². The van der Waals surface area contributed by atoms with Crippen molar-refractivity contribution >= 4 is 40.5 Å². The van der Waals surface area contributed by atoms with Crippen molar-refractivity contribution in [2.75, 3.05) is 31.6 Å². The minimum Gasteiger partial charge on any atom is -0.451 e. The maximum absolute atomic E-state index is 12.5. The van der Waals surface area contributed by atoms with Crippen molar-refractivity contribution in [1.29, 1.82) is 0 Å². The maximum atomic E-state index is 12.5. The van der Waals surface area contributed by atoms with E-state index < -0.39 is 5.91 Å². The summed E-state index contributed by atoms with van der Waals surface area (Å²) in [7, 11) is 0. The quantitative estimate of drug-likeness (QED) is 0.520. The first kappa shape index (κ1) is 22.5. The Morgan fingerprint density at radius 1 is 1.09 bits per heavy atom. The van der Waals surface area contributed by atoms with Crippen LogP contribution < -0.4 is 10.6 Å². The molecule has 1 aromatic heterocycles. The van der Waals surface area contributed by atoms with E-state index in [1.54, 1.807) is 12.1 Å². The molecule has 0 atom stereocenters. The van der Waals surface area contributed by atoms with Gasteiger partial charge in [0.15, 0.2) is 10.9 Å². The predicted octanol–water partition coefficient (Wildman–Crippen LogP) is 4.87. The van der Waals surface area contributed by atoms with E-state index in [1.807, 2.05) is 49.4 Å². The van der Waals surface area contributed by atoms with Crippen molar-refractivity contribution in [2.24, 2.45) is 0 Å². The number of furan rings is 1. The highest BCUT2D eigenvalue weighted by atomic mass is 35.5. The van der Waals surface area contributed by atoms with Crippen LogP contribution in [0.25, 0.3) is 11.3 Å². The Labute approximate surface area is 197 Å². The lowest BCUT2D eigenvalue weighted by atomic mass is 10.1. The van der Waals surface area contributed by atoms with Gasteiger partial charge in [-0.25, -0.2) is 0 Å². The summed E-state index contributed by atoms with van der Waals surface area (Å²) < 4.78 is 11.1. The molecule has 1 aliphatic heterocycles. The number of halogens is 1. The summed E-state index contributed by atoms with van der Waals surface area (Å²) >= 11 is 11.5. The molecule has 6 nitrogen and oxygen atoms in total. The normalized spacial score (nSPS) is 14.2. The van der Waals surface area contributed by atoms with Crippen LogP contribution in [-0.2, 0) is 11.3 Å². The first-order valence-corrected chi connectivity index (χ1v) is 11.1. The van der Waals surface area contributed by atoms with Crippen molar-refractivity contribution < 1.29 is 13.9 Å². The smallest absolute Gasteiger partial charge is 0.293 e. The molecule has 0 bridgehead atoms. The zero-order chi connectivity index (χ0) is 22.5. The molecule has 1 fully saturated rings. The lowest BCUT2D eigenvalue weighted by Gasteiger charge is -2.26. The highest BCUT2D eigenvalue weighted by Gasteiger charge is 2.15. The Morgan fingerprint density at radius 2 is 1.84 bits per heavy atom. The van der Waals surface area contributed by atoms with Gasteiger partial charge in [0.05, 0.1) is 13.2 Å². The molecular formula is C24H24ClN3O3S. The van der Waals surface area contributed by atoms with Gasteiger partial charge < -0.3 is 14.5 Å². The van der Waals surface area contributed by atoms with E-state index in [9.17, 15) is 4.79 Å². The number of aryl methyl sites for hydroxylation is 1. The Bertz CT molecular complexity index is 1110. The zero-order valence-electron chi connectivity index (χ0n) is 17.7. The van der Waals surface area contributed by atoms with Crippen LogP contribution >= 0.6 is 23.8 Å². The Morgan fingerprint density at radius 3 is 2.56 bits per heavy atom. The van der Waals surface area contributed by atoms with Gasteiger partial charge in [-0.2, -0.15) is 0 Å². The van der Waals surface area contributed by atoms with Crippen LogP contribution in [0.2, 0.25) is 5.02 Å². The summed E-state index contributed by atoms with van der Waals surface area (Å²) in [5.74, 6) is 0.310. The van der Waals surface area contributed by atoms with Crippen molar-refractivity contribution in [2.45, 2.75) is 13.5 Å². The number of benzene rings is 2. The number of nitrogens with zero attached hydrogens (tertiary/aromatic N) is 1. The highest BCUT2D eigenvalue weighted by Crippen LogP contribution is 2.27. The summed E-state index contributed by atoms with van der Waals surface area (Å²) in [4.78, 5) is 14.9. The van der Waals surface area contributed by atoms with Crippen LogP contribution in [0.1, 0.15) is 21.7 Å². The molecule has 0 radical (unpaired) electrons. The van der Waals surface area contributed by atoms with E-state index in [0.29, 0.717) is 10.8 Å². The van der Waals surface area contributed by atoms with E-state index in [2.05, 4.69) is 15.5 Å². The fourth-order valence-electron chi connectivity index (χ4n) is 3.40. The van der Waals surface area contributed by atoms with Crippen LogP contribution in [0.5, 0.6) is 0 Å². The number of carbonyl (C=O) groups is 1. The van der Waals surface area contributed by atoms with Crippen molar-refractivity contribution in [1.82, 2.24) is 10.2 Å². The molecule has 2 aromatic carbocycles. The third-order valence-corrected chi connectivity index (χ3v) is 5.85. The summed E-state index contributed by atoms with van der Waals surface area (Å²) in [5.41, 5.74) is 3.80. The summed E-state index contributed by atoms with van der Waals surface area (Å²) in [6.07, 6.45) is 0. The lowest BCUT2D eigenvalue weighted by Crippen LogP contribution is -2.35. The second kappa shape index (κ2) is 10.3. The van der Waals surface area contributed by atoms with Crippen molar-refractivity contribution in [3.05, 3.63) is 76.5 Å². The SMILES string of the molecule is Cc1ccc(-c2ccc(C(=O)NC(=S)Nc3ccc(CN4CCOCC4)cc3)o2)cc1Cl. The Balaban J connectivity index is 1.31. The molecule has 32 heavy (non-hydrogen) atoms. The zero-order valence-corrected chi connectivity index (χ0v) is 19.3. The number of rotatable bonds is 5. The molecule has 2 N–H and O–H groups in total. The molecule has 0 saturated carbocycles. The number of thiocarbonyl (C=S) groups is 1. The standard InChI is InChI=1S/C24H24ClN3O3S/c1-16-2-5-18(14-20(16)25)21-8-9-22(31-21)23(29)27-24(32)26-19-6-3-17(4-7-19)15-28-10-12-30-13-11-28/h2-9,14H,10-13,15H2,1H3,(H2,26,27,29,32). The minimum atomic E-state index is -0.420. The number of morpholine rings is 1. The second-order valence-electron chi connectivity index (χ2n) is 7.62. The predicted molar refractivity (Wildman–Crippen MR) is 130 cm³/mol. The molecule has 4 rings (SSSR count). The van der Waals surface area contributed by atoms with Crippen LogP contribution in [0.4, 0.5) is 5.69 Å². The van der Waals surface area contributed by atoms with E-state index in [4.69, 9.17) is 33.0 Å². The molecule has 166 valence electrons. The number of hydrogen-bond acceptors (Lipinski definition) is 5. The number of hydrogen-bond donors (Lipinski definition) is 2. The van der Waals surface area contributed by atoms with Gasteiger partial charge in [0.2, 0.25) is 0 Å². The molecule has 8 heteroatoms. The van der Waals surface area contributed by atoms with Crippen LogP contribution in [0.15, 0.2) is 59.0 Å². The first-order valence-electron chi connectivity index (χ1n) is 10.4. The number of carbonyl (C=O) groups excluding carboxylic acids is 1. The molecular weight excluding hydrogens is 446 g/mol. The minimum absolute atomic E-state index is 0.168. The first-order chi connectivity index (χ1) is 15.5. The molecule has 0 aliphatic carbocycles. The third-order valence-electron chi connectivity index (χ3n) is 5.23. The van der Waals surface area contributed by atoms with Gasteiger partial charge in [0.1, 0.15) is 5.76 Å². The van der Waals surface area contributed by atoms with E-state index >= 15 is 0 Å². The summed E-state index contributed by atoms with van der Waals surface area (Å²) in [5, 5.41) is 6.53. The fourth-order valence-corrected chi connectivity index (χ4v) is 3.79. The van der Waals surface area contributed by atoms with E-state index in [1.165, 1.54) is 5.56 Å². The van der Waals surface area contributed by atoms with Crippen molar-refractivity contribution in [3.8, 4) is 11.3 Å². The largest absolute Gasteiger partial charge is 0.451 e. The van der Waals surface area contributed by atoms with Crippen LogP contribution in [-0.4, -0.2) is 42.2 Å². The van der Waals surface area contributed by atoms with Crippen molar-refractivity contribution in [3.63, 3.8) is 0 Å². The van der Waals surface area contributed by atoms with Crippen LogP contribution in [0.3, 0.4) is 0 Å². The average molecular weight is 470 g/mol. The topological polar surface area (TPSA) is 66.7 Å². The van der Waals surface area contributed by atoms with E-state index in [0.717, 1.165) is 49.7 Å². The van der Waals surface area contributed by atoms with Gasteiger partial charge in [-0.05, 0) is 60.6 Å². The number of amides is 1. The third kappa shape index (κ3) is 5.75. The molecule has 0 spiro atoms. The molecule has 2 heterocycles. The second-order valence-corrected chi connectivity index (χ2v) is 8.44. The monoisotopic (exact) mass is 469 g/mol. The Kier molecular flexibility index (Phi) is 7.22. The van der Waals surface area contributed by atoms with Gasteiger partial charge in [0.25, 0.3) is 5.91 Å². The average Bonchev–Trinajstić information content (AvgIpc) is 3.28. The summed E-state index contributed by atoms with van der Waals surface area (Å²) in [6, 6.07) is 17.0. The lowest BCUT2D eigenvalue weighted by molar-refractivity contribution is 0.0342. The van der Waals surface area contributed by atoms with Gasteiger partial charge in [-0.15, -0.1) is 0 Å². The number of nitrogens with one attached hydrogen (secondary N) is 2. The molecule has 1 aliphatic rings. The van der Waals surface area contributed by atoms with Gasteiger partial charge in [-0.3, -0.25) is 15.0 Å². The van der Waals surface area contributed by atoms with Gasteiger partial charge in [0, 0.05) is 35.9 Å². The highest BCUT2D eigenvalue weighted by molar-refractivity contribution is 7.80. The molecule has 1 saturated heterocycles. The number of anilines is 1. The Hall–Kier alpha value is -2.71. The summed E-state index contributed by atoms with van der Waals surface area (Å²) in [6.45, 7) is 6.27. The number of ether oxygens (including phenoxy) is 1. The maximum Gasteiger partial charge on any atom is 0.293 e. The molecule has 1 amide bonds. The molecule has 0 unspecified atom stereocenters. The molecule has 3 aromatic rings. The van der Waals surface area contributed by atoms with Gasteiger partial charge in [-0.1, -0.05) is 35.9 Å².